The van der Waals surface area contributed by atoms with Gasteiger partial charge in [0.25, 0.3) is 11.8 Å². The molecule has 0 aliphatic rings. The minimum Gasteiger partial charge on any atom is -0.465 e. The maximum absolute atomic E-state index is 12.4. The van der Waals surface area contributed by atoms with Gasteiger partial charge in [0.1, 0.15) is 11.5 Å². The van der Waals surface area contributed by atoms with Crippen LogP contribution in [-0.4, -0.2) is 18.4 Å². The fraction of sp³-hybridized carbons (Fsp3) is 0.222. The van der Waals surface area contributed by atoms with Crippen LogP contribution < -0.4 is 10.6 Å². The third kappa shape index (κ3) is 4.57. The molecule has 0 spiro atoms. The topological polar surface area (TPSA) is 71.3 Å². The Morgan fingerprint density at radius 1 is 1.17 bits per heavy atom. The number of amides is 2. The van der Waals surface area contributed by atoms with Gasteiger partial charge in [-0.3, -0.25) is 9.59 Å². The Kier molecular flexibility index (Phi) is 5.74. The predicted octanol–water partition coefficient (Wildman–Crippen LogP) is 2.89. The van der Waals surface area contributed by atoms with Gasteiger partial charge in [0.15, 0.2) is 0 Å². The van der Waals surface area contributed by atoms with Crippen molar-refractivity contribution < 1.29 is 14.0 Å². The van der Waals surface area contributed by atoms with Gasteiger partial charge in [-0.2, -0.15) is 0 Å². The zero-order chi connectivity index (χ0) is 16.7. The summed E-state index contributed by atoms with van der Waals surface area (Å²) in [5, 5.41) is 5.42. The molecule has 0 aliphatic heterocycles. The predicted molar refractivity (Wildman–Crippen MR) is 88.6 cm³/mol. The largest absolute Gasteiger partial charge is 0.465 e. The molecule has 0 aliphatic carbocycles. The second-order valence-electron chi connectivity index (χ2n) is 5.10. The van der Waals surface area contributed by atoms with Crippen LogP contribution in [0.3, 0.4) is 0 Å². The maximum atomic E-state index is 12.4. The van der Waals surface area contributed by atoms with Crippen molar-refractivity contribution in [3.05, 3.63) is 65.2 Å². The van der Waals surface area contributed by atoms with Crippen molar-refractivity contribution in [3.63, 3.8) is 0 Å². The summed E-state index contributed by atoms with van der Waals surface area (Å²) in [6, 6.07) is 10.7. The van der Waals surface area contributed by atoms with E-state index in [0.29, 0.717) is 17.9 Å². The van der Waals surface area contributed by atoms with Crippen LogP contribution in [-0.2, 0) is 4.79 Å². The molecular weight excluding hydrogens is 292 g/mol. The molecule has 0 saturated carbocycles. The third-order valence-corrected chi connectivity index (χ3v) is 3.25. The first-order valence-electron chi connectivity index (χ1n) is 7.52. The molecule has 5 heteroatoms. The Labute approximate surface area is 135 Å². The van der Waals surface area contributed by atoms with Gasteiger partial charge in [0.05, 0.1) is 6.26 Å². The van der Waals surface area contributed by atoms with Crippen LogP contribution in [0.2, 0.25) is 0 Å². The summed E-state index contributed by atoms with van der Waals surface area (Å²) in [5.41, 5.74) is 1.53. The number of hydrogen-bond acceptors (Lipinski definition) is 3. The van der Waals surface area contributed by atoms with Gasteiger partial charge in [-0.25, -0.2) is 0 Å². The monoisotopic (exact) mass is 312 g/mol. The molecule has 23 heavy (non-hydrogen) atoms. The molecule has 1 aromatic heterocycles. The highest BCUT2D eigenvalue weighted by atomic mass is 16.3. The molecule has 0 bridgehead atoms. The Balaban J connectivity index is 2.22. The molecule has 2 aromatic rings. The van der Waals surface area contributed by atoms with Gasteiger partial charge in [0.2, 0.25) is 0 Å². The fourth-order valence-electron chi connectivity index (χ4n) is 2.03. The average Bonchev–Trinajstić information content (AvgIpc) is 3.05. The van der Waals surface area contributed by atoms with Crippen LogP contribution in [0.25, 0.3) is 6.08 Å². The first kappa shape index (κ1) is 16.5. The first-order chi connectivity index (χ1) is 11.1. The van der Waals surface area contributed by atoms with Gasteiger partial charge in [-0.1, -0.05) is 25.1 Å². The molecule has 1 aromatic carbocycles. The zero-order valence-electron chi connectivity index (χ0n) is 13.3. The molecule has 120 valence electrons. The number of carbonyl (C=O) groups is 2. The third-order valence-electron chi connectivity index (χ3n) is 3.25. The summed E-state index contributed by atoms with van der Waals surface area (Å²) in [7, 11) is 0. The van der Waals surface area contributed by atoms with Crippen molar-refractivity contribution >= 4 is 17.9 Å². The van der Waals surface area contributed by atoms with Crippen molar-refractivity contribution in [2.75, 3.05) is 6.54 Å². The van der Waals surface area contributed by atoms with Crippen LogP contribution in [0.5, 0.6) is 0 Å². The summed E-state index contributed by atoms with van der Waals surface area (Å²) < 4.78 is 5.22. The van der Waals surface area contributed by atoms with Crippen LogP contribution in [0.15, 0.2) is 52.8 Å². The maximum Gasteiger partial charge on any atom is 0.267 e. The molecule has 2 N–H and O–H groups in total. The van der Waals surface area contributed by atoms with Crippen molar-refractivity contribution in [3.8, 4) is 0 Å². The molecule has 2 rings (SSSR count). The van der Waals surface area contributed by atoms with E-state index in [1.807, 2.05) is 26.0 Å². The van der Waals surface area contributed by atoms with E-state index in [1.165, 1.54) is 12.3 Å². The highest BCUT2D eigenvalue weighted by Crippen LogP contribution is 2.10. The van der Waals surface area contributed by atoms with Crippen LogP contribution in [0.4, 0.5) is 0 Å². The number of hydrogen-bond donors (Lipinski definition) is 2. The van der Waals surface area contributed by atoms with Crippen LogP contribution in [0.1, 0.15) is 35.0 Å². The molecule has 0 fully saturated rings. The van der Waals surface area contributed by atoms with Crippen molar-refractivity contribution in [2.24, 2.45) is 0 Å². The van der Waals surface area contributed by atoms with E-state index in [-0.39, 0.29) is 17.5 Å². The summed E-state index contributed by atoms with van der Waals surface area (Å²) in [6.07, 6.45) is 3.84. The van der Waals surface area contributed by atoms with Crippen molar-refractivity contribution in [1.29, 1.82) is 0 Å². The summed E-state index contributed by atoms with van der Waals surface area (Å²) in [6.45, 7) is 4.35. The highest BCUT2D eigenvalue weighted by Gasteiger charge is 2.15. The van der Waals surface area contributed by atoms with E-state index >= 15 is 0 Å². The number of furan rings is 1. The molecule has 0 saturated heterocycles. The normalized spacial score (nSPS) is 11.1. The number of nitrogens with one attached hydrogen (secondary N) is 2. The van der Waals surface area contributed by atoms with E-state index in [2.05, 4.69) is 10.6 Å². The standard InChI is InChI=1S/C18H20N2O3/c1-3-10-19-18(22)16(12-14-8-6-11-23-14)20-17(21)15-9-5-4-7-13(15)2/h4-9,11-12H,3,10H2,1-2H3,(H,19,22)(H,20,21)/b16-12-. The Hall–Kier alpha value is -2.82. The molecule has 1 heterocycles. The minimum absolute atomic E-state index is 0.154. The van der Waals surface area contributed by atoms with Gasteiger partial charge in [0, 0.05) is 18.2 Å². The molecule has 5 nitrogen and oxygen atoms in total. The second kappa shape index (κ2) is 7.98. The second-order valence-corrected chi connectivity index (χ2v) is 5.10. The summed E-state index contributed by atoms with van der Waals surface area (Å²) in [5.74, 6) is -0.172. The van der Waals surface area contributed by atoms with E-state index in [4.69, 9.17) is 4.42 Å². The van der Waals surface area contributed by atoms with Gasteiger partial charge in [-0.15, -0.1) is 0 Å². The summed E-state index contributed by atoms with van der Waals surface area (Å²) in [4.78, 5) is 24.7. The molecule has 2 amide bonds. The minimum atomic E-state index is -0.342. The Morgan fingerprint density at radius 3 is 2.61 bits per heavy atom. The van der Waals surface area contributed by atoms with Gasteiger partial charge < -0.3 is 15.1 Å². The lowest BCUT2D eigenvalue weighted by molar-refractivity contribution is -0.117. The van der Waals surface area contributed by atoms with Crippen LogP contribution in [0, 0.1) is 6.92 Å². The van der Waals surface area contributed by atoms with E-state index < -0.39 is 0 Å². The highest BCUT2D eigenvalue weighted by molar-refractivity contribution is 6.05. The average molecular weight is 312 g/mol. The molecule has 0 radical (unpaired) electrons. The molecule has 0 unspecified atom stereocenters. The smallest absolute Gasteiger partial charge is 0.267 e. The lowest BCUT2D eigenvalue weighted by Gasteiger charge is -2.11. The lowest BCUT2D eigenvalue weighted by atomic mass is 10.1. The van der Waals surface area contributed by atoms with E-state index in [0.717, 1.165) is 12.0 Å². The number of rotatable bonds is 6. The quantitative estimate of drug-likeness (QED) is 0.806. The zero-order valence-corrected chi connectivity index (χ0v) is 13.3. The van der Waals surface area contributed by atoms with Crippen molar-refractivity contribution in [1.82, 2.24) is 10.6 Å². The van der Waals surface area contributed by atoms with Crippen molar-refractivity contribution in [2.45, 2.75) is 20.3 Å². The van der Waals surface area contributed by atoms with Crippen LogP contribution >= 0.6 is 0 Å². The summed E-state index contributed by atoms with van der Waals surface area (Å²) >= 11 is 0. The fourth-order valence-corrected chi connectivity index (χ4v) is 2.03. The lowest BCUT2D eigenvalue weighted by Crippen LogP contribution is -2.35. The molecule has 0 atom stereocenters. The van der Waals surface area contributed by atoms with E-state index in [9.17, 15) is 9.59 Å². The SMILES string of the molecule is CCCNC(=O)/C(=C/c1ccco1)NC(=O)c1ccccc1C. The number of benzene rings is 1. The Bertz CT molecular complexity index is 703. The van der Waals surface area contributed by atoms with Gasteiger partial charge >= 0.3 is 0 Å². The first-order valence-corrected chi connectivity index (χ1v) is 7.52. The molecular formula is C18H20N2O3. The Morgan fingerprint density at radius 2 is 1.96 bits per heavy atom. The van der Waals surface area contributed by atoms with E-state index in [1.54, 1.807) is 24.3 Å². The number of carbonyl (C=O) groups excluding carboxylic acids is 2. The number of aryl methyl sites for hydroxylation is 1. The van der Waals surface area contributed by atoms with Gasteiger partial charge in [-0.05, 0) is 37.1 Å².